The fraction of sp³-hybridized carbons (Fsp3) is 0.395. The predicted octanol–water partition coefficient (Wildman–Crippen LogP) is 5.46. The van der Waals surface area contributed by atoms with Crippen molar-refractivity contribution in [3.05, 3.63) is 120 Å². The minimum absolute atomic E-state index is 0.0383. The van der Waals surface area contributed by atoms with Gasteiger partial charge in [0.15, 0.2) is 5.89 Å². The van der Waals surface area contributed by atoms with Gasteiger partial charge in [0, 0.05) is 29.9 Å². The number of aliphatic hydroxyl groups is 1. The van der Waals surface area contributed by atoms with Gasteiger partial charge < -0.3 is 34.9 Å². The van der Waals surface area contributed by atoms with E-state index in [1.54, 1.807) is 38.4 Å². The van der Waals surface area contributed by atoms with Gasteiger partial charge in [-0.25, -0.2) is 14.6 Å². The van der Waals surface area contributed by atoms with E-state index in [-0.39, 0.29) is 31.5 Å². The molecule has 0 aliphatic rings. The number of rotatable bonds is 17. The Labute approximate surface area is 293 Å². The lowest BCUT2D eigenvalue weighted by atomic mass is 9.93. The molecule has 12 nitrogen and oxygen atoms in total. The lowest BCUT2D eigenvalue weighted by Crippen LogP contribution is -2.56. The Hall–Kier alpha value is -5.23. The molecule has 2 heterocycles. The lowest BCUT2D eigenvalue weighted by Gasteiger charge is -2.30. The highest BCUT2D eigenvalue weighted by Gasteiger charge is 2.31. The number of carbonyl (C=O) groups is 3. The number of aliphatic hydroxyl groups excluding tert-OH is 1. The number of carbonyl (C=O) groups excluding carboxylic acids is 3. The second kappa shape index (κ2) is 19.1. The number of nitrogens with zero attached hydrogens (tertiary/aromatic N) is 2. The first-order valence-corrected chi connectivity index (χ1v) is 16.8. The molecule has 4 N–H and O–H groups in total. The molecule has 0 aliphatic heterocycles. The minimum atomic E-state index is -1.09. The Kier molecular flexibility index (Phi) is 14.3. The Balaban J connectivity index is 1.45. The minimum Gasteiger partial charge on any atom is -0.448 e. The summed E-state index contributed by atoms with van der Waals surface area (Å²) in [6.07, 6.45) is 3.00. The predicted molar refractivity (Wildman–Crippen MR) is 187 cm³/mol. The van der Waals surface area contributed by atoms with Crippen LogP contribution in [0.3, 0.4) is 0 Å². The van der Waals surface area contributed by atoms with Crippen molar-refractivity contribution in [3.63, 3.8) is 0 Å². The van der Waals surface area contributed by atoms with Gasteiger partial charge >= 0.3 is 12.2 Å². The van der Waals surface area contributed by atoms with E-state index in [0.29, 0.717) is 24.4 Å². The van der Waals surface area contributed by atoms with Crippen LogP contribution in [-0.2, 0) is 40.3 Å². The van der Waals surface area contributed by atoms with E-state index in [1.807, 2.05) is 74.5 Å². The molecule has 266 valence electrons. The largest absolute Gasteiger partial charge is 0.448 e. The molecule has 4 aromatic rings. The van der Waals surface area contributed by atoms with Crippen molar-refractivity contribution in [2.24, 2.45) is 5.92 Å². The Bertz CT molecular complexity index is 1620. The second-order valence-electron chi connectivity index (χ2n) is 12.9. The number of hydrogen-bond acceptors (Lipinski definition) is 9. The zero-order valence-electron chi connectivity index (χ0n) is 29.0. The number of amides is 3. The summed E-state index contributed by atoms with van der Waals surface area (Å²) in [6.45, 7) is 7.40. The maximum absolute atomic E-state index is 13.7. The van der Waals surface area contributed by atoms with Crippen molar-refractivity contribution in [1.29, 1.82) is 0 Å². The normalized spacial score (nSPS) is 13.6. The molecular formula is C38H47N5O7. The van der Waals surface area contributed by atoms with E-state index < -0.39 is 42.3 Å². The standard InChI is InChI=1S/C38H47N5O7/c1-25(2)34(43-38(47)50-24-31-23-48-36(40-31)26(3)4)35(45)42-32(19-28-14-9-6-10-15-28)33(44)20-30(18-27-12-7-5-8-13-27)41-37(46)49-22-29-16-11-17-39-21-29/h5-17,21,23,25-26,30,32-34,44H,18-20,22,24H2,1-4H3,(H,41,46)(H,42,45)(H,43,47)/t30-,32-,33-,34?/m0/s1. The average molecular weight is 686 g/mol. The van der Waals surface area contributed by atoms with Crippen LogP contribution < -0.4 is 16.0 Å². The smallest absolute Gasteiger partial charge is 0.408 e. The fourth-order valence-electron chi connectivity index (χ4n) is 5.31. The van der Waals surface area contributed by atoms with Crippen LogP contribution in [0, 0.1) is 5.92 Å². The Morgan fingerprint density at radius 2 is 1.40 bits per heavy atom. The Morgan fingerprint density at radius 1 is 0.780 bits per heavy atom. The summed E-state index contributed by atoms with van der Waals surface area (Å²) in [6, 6.07) is 20.4. The maximum Gasteiger partial charge on any atom is 0.408 e. The van der Waals surface area contributed by atoms with Crippen LogP contribution in [0.2, 0.25) is 0 Å². The molecule has 0 radical (unpaired) electrons. The van der Waals surface area contributed by atoms with Crippen LogP contribution in [0.15, 0.2) is 95.9 Å². The van der Waals surface area contributed by atoms with Crippen LogP contribution in [0.4, 0.5) is 9.59 Å². The summed E-state index contributed by atoms with van der Waals surface area (Å²) < 4.78 is 16.2. The van der Waals surface area contributed by atoms with Gasteiger partial charge in [-0.15, -0.1) is 0 Å². The van der Waals surface area contributed by atoms with Crippen molar-refractivity contribution < 1.29 is 33.4 Å². The van der Waals surface area contributed by atoms with Gasteiger partial charge in [0.25, 0.3) is 0 Å². The van der Waals surface area contributed by atoms with E-state index in [0.717, 1.165) is 16.7 Å². The third-order valence-corrected chi connectivity index (χ3v) is 7.99. The molecule has 0 saturated heterocycles. The van der Waals surface area contributed by atoms with Gasteiger partial charge in [0.2, 0.25) is 5.91 Å². The molecule has 3 amide bonds. The topological polar surface area (TPSA) is 165 Å². The third-order valence-electron chi connectivity index (χ3n) is 7.99. The molecule has 0 spiro atoms. The highest BCUT2D eigenvalue weighted by molar-refractivity contribution is 5.86. The lowest BCUT2D eigenvalue weighted by molar-refractivity contribution is -0.125. The Morgan fingerprint density at radius 3 is 2.00 bits per heavy atom. The van der Waals surface area contributed by atoms with E-state index >= 15 is 0 Å². The molecule has 4 rings (SSSR count). The zero-order chi connectivity index (χ0) is 35.9. The van der Waals surface area contributed by atoms with Crippen LogP contribution in [0.5, 0.6) is 0 Å². The number of hydrogen-bond donors (Lipinski definition) is 4. The summed E-state index contributed by atoms with van der Waals surface area (Å²) in [5.74, 6) is -0.168. The van der Waals surface area contributed by atoms with Crippen molar-refractivity contribution in [2.45, 2.75) is 90.3 Å². The van der Waals surface area contributed by atoms with Crippen LogP contribution >= 0.6 is 0 Å². The van der Waals surface area contributed by atoms with E-state index in [1.165, 1.54) is 6.26 Å². The molecule has 12 heteroatoms. The first-order valence-electron chi connectivity index (χ1n) is 16.8. The first-order chi connectivity index (χ1) is 24.1. The molecule has 0 saturated carbocycles. The van der Waals surface area contributed by atoms with Crippen LogP contribution in [0.25, 0.3) is 0 Å². The summed E-state index contributed by atoms with van der Waals surface area (Å²) in [4.78, 5) is 47.8. The van der Waals surface area contributed by atoms with E-state index in [9.17, 15) is 19.5 Å². The highest BCUT2D eigenvalue weighted by atomic mass is 16.6. The zero-order valence-corrected chi connectivity index (χ0v) is 29.0. The SMILES string of the molecule is CC(C)c1nc(COC(=O)NC(C(=O)N[C@@H](Cc2ccccc2)[C@@H](O)C[C@H](Cc2ccccc2)NC(=O)OCc2cccnc2)C(C)C)co1. The molecule has 4 atom stereocenters. The molecule has 0 bridgehead atoms. The van der Waals surface area contributed by atoms with Gasteiger partial charge in [0.1, 0.15) is 31.2 Å². The van der Waals surface area contributed by atoms with Crippen molar-refractivity contribution in [2.75, 3.05) is 0 Å². The van der Waals surface area contributed by atoms with Crippen LogP contribution in [0.1, 0.15) is 68.3 Å². The van der Waals surface area contributed by atoms with Gasteiger partial charge in [0.05, 0.1) is 12.1 Å². The number of nitrogens with one attached hydrogen (secondary N) is 3. The van der Waals surface area contributed by atoms with Gasteiger partial charge in [-0.05, 0) is 42.4 Å². The number of ether oxygens (including phenoxy) is 2. The van der Waals surface area contributed by atoms with Gasteiger partial charge in [-0.2, -0.15) is 0 Å². The van der Waals surface area contributed by atoms with Crippen LogP contribution in [-0.4, -0.2) is 57.4 Å². The molecule has 0 aliphatic carbocycles. The highest BCUT2D eigenvalue weighted by Crippen LogP contribution is 2.17. The van der Waals surface area contributed by atoms with Crippen molar-refractivity contribution in [1.82, 2.24) is 25.9 Å². The molecule has 0 fully saturated rings. The van der Waals surface area contributed by atoms with E-state index in [4.69, 9.17) is 13.9 Å². The monoisotopic (exact) mass is 685 g/mol. The number of oxazole rings is 1. The molecule has 2 aromatic heterocycles. The molecular weight excluding hydrogens is 638 g/mol. The molecule has 50 heavy (non-hydrogen) atoms. The number of alkyl carbamates (subject to hydrolysis) is 2. The summed E-state index contributed by atoms with van der Waals surface area (Å²) in [5.41, 5.74) is 3.04. The van der Waals surface area contributed by atoms with Gasteiger partial charge in [-0.1, -0.05) is 94.4 Å². The fourth-order valence-corrected chi connectivity index (χ4v) is 5.31. The number of benzene rings is 2. The average Bonchev–Trinajstić information content (AvgIpc) is 3.59. The summed E-state index contributed by atoms with van der Waals surface area (Å²) in [7, 11) is 0. The first kappa shape index (κ1) is 37.6. The third kappa shape index (κ3) is 12.3. The number of pyridine rings is 1. The maximum atomic E-state index is 13.7. The second-order valence-corrected chi connectivity index (χ2v) is 12.9. The van der Waals surface area contributed by atoms with Crippen molar-refractivity contribution >= 4 is 18.1 Å². The van der Waals surface area contributed by atoms with E-state index in [2.05, 4.69) is 25.9 Å². The van der Waals surface area contributed by atoms with Gasteiger partial charge in [-0.3, -0.25) is 9.78 Å². The molecule has 1 unspecified atom stereocenters. The quantitative estimate of drug-likeness (QED) is 0.113. The summed E-state index contributed by atoms with van der Waals surface area (Å²) in [5, 5.41) is 20.2. The molecule has 2 aromatic carbocycles. The van der Waals surface area contributed by atoms with Crippen molar-refractivity contribution in [3.8, 4) is 0 Å². The summed E-state index contributed by atoms with van der Waals surface area (Å²) >= 11 is 0. The number of aromatic nitrogens is 2.